The molecule has 322 valence electrons. The summed E-state index contributed by atoms with van der Waals surface area (Å²) in [7, 11) is 0. The minimum atomic E-state index is 0.901. The molecule has 0 aliphatic carbocycles. The molecular formula is C66H36N2O2. The molecule has 4 nitrogen and oxygen atoms in total. The fourth-order valence-corrected chi connectivity index (χ4v) is 12.8. The van der Waals surface area contributed by atoms with Crippen LogP contribution in [0, 0.1) is 0 Å². The molecule has 0 radical (unpaired) electrons. The largest absolute Gasteiger partial charge is 0.456 e. The lowest BCUT2D eigenvalue weighted by Gasteiger charge is -2.16. The first-order valence-electron chi connectivity index (χ1n) is 24.1. The zero-order valence-corrected chi connectivity index (χ0v) is 37.5. The molecule has 6 heterocycles. The van der Waals surface area contributed by atoms with Crippen LogP contribution in [0.1, 0.15) is 0 Å². The first kappa shape index (κ1) is 36.7. The van der Waals surface area contributed by atoms with Gasteiger partial charge in [0.05, 0.1) is 33.1 Å². The summed E-state index contributed by atoms with van der Waals surface area (Å²) in [6.45, 7) is 0. The molecular weight excluding hydrogens is 853 g/mol. The maximum atomic E-state index is 6.34. The van der Waals surface area contributed by atoms with Crippen molar-refractivity contribution >= 4 is 120 Å². The molecule has 4 heteroatoms. The highest BCUT2D eigenvalue weighted by atomic mass is 16.3. The van der Waals surface area contributed by atoms with E-state index in [-0.39, 0.29) is 0 Å². The second kappa shape index (κ2) is 13.2. The summed E-state index contributed by atoms with van der Waals surface area (Å²) in [5.41, 5.74) is 20.6. The average Bonchev–Trinajstić information content (AvgIpc) is 4.28. The minimum absolute atomic E-state index is 0.901. The highest BCUT2D eigenvalue weighted by Crippen LogP contribution is 2.56. The van der Waals surface area contributed by atoms with E-state index in [0.717, 1.165) is 43.9 Å². The lowest BCUT2D eigenvalue weighted by atomic mass is 9.88. The minimum Gasteiger partial charge on any atom is -0.456 e. The summed E-state index contributed by atoms with van der Waals surface area (Å²) in [6, 6.07) is 80.0. The van der Waals surface area contributed by atoms with E-state index in [1.165, 1.54) is 121 Å². The van der Waals surface area contributed by atoms with Crippen molar-refractivity contribution in [3.63, 3.8) is 0 Å². The Hall–Kier alpha value is -9.38. The fourth-order valence-electron chi connectivity index (χ4n) is 12.8. The van der Waals surface area contributed by atoms with Crippen LogP contribution < -0.4 is 0 Å². The van der Waals surface area contributed by atoms with Gasteiger partial charge in [0.1, 0.15) is 22.3 Å². The van der Waals surface area contributed by atoms with Crippen LogP contribution in [0.15, 0.2) is 227 Å². The monoisotopic (exact) mass is 888 g/mol. The summed E-state index contributed by atoms with van der Waals surface area (Å²) < 4.78 is 17.9. The van der Waals surface area contributed by atoms with Crippen molar-refractivity contribution < 1.29 is 8.83 Å². The zero-order chi connectivity index (χ0) is 45.3. The third-order valence-electron chi connectivity index (χ3n) is 15.6. The number of hydrogen-bond acceptors (Lipinski definition) is 2. The van der Waals surface area contributed by atoms with Crippen molar-refractivity contribution in [1.29, 1.82) is 0 Å². The SMILES string of the molecule is c1ccc(-c2c3c4ccc(-c5ccc6oc7ccccc7c6c5)c5c6ccccc6n(c3c(-c3ccccc3)c3c6ccc(-c7ccc8oc9ccccc9c8c7)c7c8ccccc8n(c23)c67)c45)cc1. The van der Waals surface area contributed by atoms with E-state index < -0.39 is 0 Å². The van der Waals surface area contributed by atoms with E-state index in [1.54, 1.807) is 0 Å². The van der Waals surface area contributed by atoms with E-state index in [9.17, 15) is 0 Å². The van der Waals surface area contributed by atoms with Crippen molar-refractivity contribution in [3.05, 3.63) is 218 Å². The van der Waals surface area contributed by atoms with Gasteiger partial charge in [-0.2, -0.15) is 0 Å². The summed E-state index contributed by atoms with van der Waals surface area (Å²) in [5, 5.41) is 14.5. The number of fused-ring (bicyclic) bond motifs is 18. The molecule has 0 spiro atoms. The van der Waals surface area contributed by atoms with Crippen LogP contribution in [-0.4, -0.2) is 8.80 Å². The Labute approximate surface area is 398 Å². The van der Waals surface area contributed by atoms with Crippen molar-refractivity contribution in [3.8, 4) is 44.5 Å². The Morgan fingerprint density at radius 2 is 0.629 bits per heavy atom. The van der Waals surface area contributed by atoms with Crippen molar-refractivity contribution in [2.45, 2.75) is 0 Å². The van der Waals surface area contributed by atoms with Crippen molar-refractivity contribution in [1.82, 2.24) is 8.80 Å². The Balaban J connectivity index is 1.08. The molecule has 17 rings (SSSR count). The highest BCUT2D eigenvalue weighted by molar-refractivity contribution is 6.39. The molecule has 0 aliphatic heterocycles. The van der Waals surface area contributed by atoms with Gasteiger partial charge < -0.3 is 17.6 Å². The quantitative estimate of drug-likeness (QED) is 0.176. The number of hydrogen-bond donors (Lipinski definition) is 0. The number of para-hydroxylation sites is 4. The summed E-state index contributed by atoms with van der Waals surface area (Å²) >= 11 is 0. The van der Waals surface area contributed by atoms with Gasteiger partial charge in [0, 0.05) is 75.8 Å². The molecule has 0 unspecified atom stereocenters. The zero-order valence-electron chi connectivity index (χ0n) is 37.5. The van der Waals surface area contributed by atoms with Gasteiger partial charge in [0.2, 0.25) is 0 Å². The molecule has 0 atom stereocenters. The van der Waals surface area contributed by atoms with Gasteiger partial charge in [-0.15, -0.1) is 0 Å². The van der Waals surface area contributed by atoms with Gasteiger partial charge in [-0.05, 0) is 81.9 Å². The smallest absolute Gasteiger partial charge is 0.135 e. The second-order valence-corrected chi connectivity index (χ2v) is 19.0. The maximum Gasteiger partial charge on any atom is 0.135 e. The van der Waals surface area contributed by atoms with E-state index in [4.69, 9.17) is 8.83 Å². The Bertz CT molecular complexity index is 4730. The number of rotatable bonds is 4. The molecule has 17 aromatic rings. The molecule has 0 fully saturated rings. The molecule has 0 aliphatic rings. The number of benzene rings is 11. The van der Waals surface area contributed by atoms with Crippen LogP contribution in [0.2, 0.25) is 0 Å². The predicted molar refractivity (Wildman–Crippen MR) is 292 cm³/mol. The number of nitrogens with zero attached hydrogens (tertiary/aromatic N) is 2. The van der Waals surface area contributed by atoms with E-state index in [1.807, 2.05) is 12.1 Å². The van der Waals surface area contributed by atoms with Crippen molar-refractivity contribution in [2.75, 3.05) is 0 Å². The molecule has 11 aromatic carbocycles. The molecule has 6 aromatic heterocycles. The molecule has 0 saturated carbocycles. The van der Waals surface area contributed by atoms with Gasteiger partial charge in [-0.25, -0.2) is 0 Å². The molecule has 70 heavy (non-hydrogen) atoms. The van der Waals surface area contributed by atoms with Crippen LogP contribution >= 0.6 is 0 Å². The lowest BCUT2D eigenvalue weighted by molar-refractivity contribution is 0.668. The van der Waals surface area contributed by atoms with Crippen LogP contribution in [-0.2, 0) is 0 Å². The number of aromatic nitrogens is 2. The Kier molecular flexibility index (Phi) is 6.92. The van der Waals surface area contributed by atoms with Crippen LogP contribution in [0.25, 0.3) is 165 Å². The summed E-state index contributed by atoms with van der Waals surface area (Å²) in [6.07, 6.45) is 0. The third kappa shape index (κ3) is 4.56. The highest BCUT2D eigenvalue weighted by Gasteiger charge is 2.32. The number of furan rings is 2. The maximum absolute atomic E-state index is 6.34. The van der Waals surface area contributed by atoms with Crippen LogP contribution in [0.4, 0.5) is 0 Å². The van der Waals surface area contributed by atoms with E-state index >= 15 is 0 Å². The average molecular weight is 889 g/mol. The lowest BCUT2D eigenvalue weighted by Crippen LogP contribution is -1.93. The summed E-state index contributed by atoms with van der Waals surface area (Å²) in [5.74, 6) is 0. The Morgan fingerprint density at radius 3 is 1.09 bits per heavy atom. The fraction of sp³-hybridized carbons (Fsp3) is 0. The summed E-state index contributed by atoms with van der Waals surface area (Å²) in [4.78, 5) is 0. The van der Waals surface area contributed by atoms with Crippen LogP contribution in [0.3, 0.4) is 0 Å². The topological polar surface area (TPSA) is 35.1 Å². The van der Waals surface area contributed by atoms with Crippen LogP contribution in [0.5, 0.6) is 0 Å². The van der Waals surface area contributed by atoms with Crippen molar-refractivity contribution in [2.24, 2.45) is 0 Å². The van der Waals surface area contributed by atoms with Gasteiger partial charge in [0.25, 0.3) is 0 Å². The second-order valence-electron chi connectivity index (χ2n) is 19.0. The third-order valence-corrected chi connectivity index (χ3v) is 15.6. The van der Waals surface area contributed by atoms with Gasteiger partial charge in [-0.3, -0.25) is 0 Å². The van der Waals surface area contributed by atoms with Gasteiger partial charge in [0.15, 0.2) is 0 Å². The van der Waals surface area contributed by atoms with E-state index in [2.05, 4.69) is 215 Å². The molecule has 0 bridgehead atoms. The molecule has 0 N–H and O–H groups in total. The van der Waals surface area contributed by atoms with Gasteiger partial charge in [-0.1, -0.05) is 170 Å². The first-order chi connectivity index (χ1) is 34.8. The standard InChI is InChI=1S/C66H36N2O2/c1-3-15-37(16-4-1)57-61-47-31-29-41(39-27-33-55-49(35-39)43-19-9-13-25-53(43)69-55)59-46-22-8-12-24-52(46)68(63(47)59)66(61)58(38-17-5-2-6-18-38)62-48-32-30-42(60-45-21-7-11-23-51(45)67(64(48)60)65(57)62)40-28-34-56-50(36-40)44-20-10-14-26-54(44)70-56/h1-36H. The van der Waals surface area contributed by atoms with E-state index in [0.29, 0.717) is 0 Å². The van der Waals surface area contributed by atoms with Gasteiger partial charge >= 0.3 is 0 Å². The molecule has 0 amide bonds. The normalized spacial score (nSPS) is 12.6. The Morgan fingerprint density at radius 1 is 0.243 bits per heavy atom. The molecule has 0 saturated heterocycles. The first-order valence-corrected chi connectivity index (χ1v) is 24.1. The predicted octanol–water partition coefficient (Wildman–Crippen LogP) is 18.5.